The number of piperazine rings is 1. The maximum absolute atomic E-state index is 12.9. The number of para-hydroxylation sites is 2. The number of carbonyl (C=O) groups excluding carboxylic acids is 2. The topological polar surface area (TPSA) is 43.9 Å². The molecule has 0 unspecified atom stereocenters. The molecule has 134 valence electrons. The van der Waals surface area contributed by atoms with E-state index in [0.29, 0.717) is 26.1 Å². The number of anilines is 2. The average Bonchev–Trinajstić information content (AvgIpc) is 3.10. The smallest absolute Gasteiger partial charge is 0.228 e. The summed E-state index contributed by atoms with van der Waals surface area (Å²) in [6, 6.07) is 19.9. The van der Waals surface area contributed by atoms with Crippen molar-refractivity contribution in [2.75, 3.05) is 42.5 Å². The lowest BCUT2D eigenvalue weighted by Gasteiger charge is -2.37. The van der Waals surface area contributed by atoms with Crippen LogP contribution in [-0.2, 0) is 9.59 Å². The van der Waals surface area contributed by atoms with E-state index in [0.717, 1.165) is 18.8 Å². The highest BCUT2D eigenvalue weighted by atomic mass is 16.2. The highest BCUT2D eigenvalue weighted by Crippen LogP contribution is 2.26. The van der Waals surface area contributed by atoms with E-state index in [1.807, 2.05) is 53.4 Å². The molecule has 2 aliphatic heterocycles. The fourth-order valence-electron chi connectivity index (χ4n) is 3.81. The van der Waals surface area contributed by atoms with Crippen LogP contribution in [0, 0.1) is 5.92 Å². The lowest BCUT2D eigenvalue weighted by Crippen LogP contribution is -2.50. The first-order valence-electron chi connectivity index (χ1n) is 9.16. The second-order valence-electron chi connectivity index (χ2n) is 6.89. The molecule has 2 aromatic rings. The Morgan fingerprint density at radius 3 is 2.00 bits per heavy atom. The summed E-state index contributed by atoms with van der Waals surface area (Å²) in [4.78, 5) is 31.2. The number of hydrogen-bond donors (Lipinski definition) is 0. The lowest BCUT2D eigenvalue weighted by molar-refractivity contribution is -0.136. The third-order valence-corrected chi connectivity index (χ3v) is 5.25. The van der Waals surface area contributed by atoms with Gasteiger partial charge >= 0.3 is 0 Å². The van der Waals surface area contributed by atoms with Gasteiger partial charge in [0.25, 0.3) is 0 Å². The lowest BCUT2D eigenvalue weighted by atomic mass is 10.1. The Morgan fingerprint density at radius 2 is 1.38 bits per heavy atom. The van der Waals surface area contributed by atoms with E-state index in [-0.39, 0.29) is 17.7 Å². The number of benzene rings is 2. The highest BCUT2D eigenvalue weighted by Gasteiger charge is 2.37. The quantitative estimate of drug-likeness (QED) is 0.855. The summed E-state index contributed by atoms with van der Waals surface area (Å²) in [5.74, 6) is -0.0760. The van der Waals surface area contributed by atoms with E-state index in [1.54, 1.807) is 4.90 Å². The van der Waals surface area contributed by atoms with Gasteiger partial charge in [0.1, 0.15) is 0 Å². The molecule has 0 bridgehead atoms. The van der Waals surface area contributed by atoms with Crippen molar-refractivity contribution in [2.24, 2.45) is 5.92 Å². The Labute approximate surface area is 153 Å². The molecule has 0 saturated carbocycles. The van der Waals surface area contributed by atoms with Gasteiger partial charge in [-0.05, 0) is 24.3 Å². The normalized spacial score (nSPS) is 20.5. The van der Waals surface area contributed by atoms with Crippen molar-refractivity contribution < 1.29 is 9.59 Å². The highest BCUT2D eigenvalue weighted by molar-refractivity contribution is 6.00. The zero-order valence-electron chi connectivity index (χ0n) is 14.8. The van der Waals surface area contributed by atoms with E-state index in [4.69, 9.17) is 0 Å². The van der Waals surface area contributed by atoms with Crippen LogP contribution in [0.15, 0.2) is 60.7 Å². The van der Waals surface area contributed by atoms with Gasteiger partial charge in [-0.15, -0.1) is 0 Å². The van der Waals surface area contributed by atoms with E-state index in [9.17, 15) is 9.59 Å². The van der Waals surface area contributed by atoms with E-state index in [1.165, 1.54) is 5.69 Å². The number of hydrogen-bond acceptors (Lipinski definition) is 3. The van der Waals surface area contributed by atoms with E-state index in [2.05, 4.69) is 17.0 Å². The fraction of sp³-hybridized carbons (Fsp3) is 0.333. The number of amides is 2. The molecule has 4 rings (SSSR count). The van der Waals surface area contributed by atoms with Gasteiger partial charge < -0.3 is 14.7 Å². The van der Waals surface area contributed by atoms with Gasteiger partial charge in [0.15, 0.2) is 0 Å². The maximum Gasteiger partial charge on any atom is 0.228 e. The molecular weight excluding hydrogens is 326 g/mol. The van der Waals surface area contributed by atoms with Crippen molar-refractivity contribution in [2.45, 2.75) is 6.42 Å². The minimum absolute atomic E-state index is 0.0393. The molecule has 0 aliphatic carbocycles. The van der Waals surface area contributed by atoms with Crippen LogP contribution in [0.3, 0.4) is 0 Å². The summed E-state index contributed by atoms with van der Waals surface area (Å²) in [6.45, 7) is 3.58. The largest absolute Gasteiger partial charge is 0.368 e. The van der Waals surface area contributed by atoms with Crippen molar-refractivity contribution in [3.05, 3.63) is 60.7 Å². The number of rotatable bonds is 3. The van der Waals surface area contributed by atoms with Gasteiger partial charge in [-0.2, -0.15) is 0 Å². The first-order valence-corrected chi connectivity index (χ1v) is 9.16. The van der Waals surface area contributed by atoms with Crippen LogP contribution >= 0.6 is 0 Å². The van der Waals surface area contributed by atoms with Gasteiger partial charge in [0.2, 0.25) is 11.8 Å². The summed E-state index contributed by atoms with van der Waals surface area (Å²) in [6.07, 6.45) is 0.312. The van der Waals surface area contributed by atoms with Gasteiger partial charge in [-0.25, -0.2) is 0 Å². The molecule has 0 spiro atoms. The Kier molecular flexibility index (Phi) is 4.61. The molecular formula is C21H23N3O2. The Morgan fingerprint density at radius 1 is 0.808 bits per heavy atom. The molecule has 2 saturated heterocycles. The van der Waals surface area contributed by atoms with Crippen LogP contribution in [0.1, 0.15) is 6.42 Å². The molecule has 2 aliphatic rings. The molecule has 2 heterocycles. The summed E-state index contributed by atoms with van der Waals surface area (Å²) < 4.78 is 0. The summed E-state index contributed by atoms with van der Waals surface area (Å²) in [7, 11) is 0. The summed E-state index contributed by atoms with van der Waals surface area (Å²) in [5, 5.41) is 0. The average molecular weight is 349 g/mol. The van der Waals surface area contributed by atoms with Crippen LogP contribution in [0.5, 0.6) is 0 Å². The van der Waals surface area contributed by atoms with Crippen LogP contribution in [0.25, 0.3) is 0 Å². The predicted molar refractivity (Wildman–Crippen MR) is 102 cm³/mol. The molecule has 2 aromatic carbocycles. The molecule has 0 radical (unpaired) electrons. The van der Waals surface area contributed by atoms with Crippen molar-refractivity contribution in [1.82, 2.24) is 4.90 Å². The molecule has 0 aromatic heterocycles. The standard InChI is InChI=1S/C21H23N3O2/c25-20-15-17(16-24(20)19-9-5-2-6-10-19)21(26)23-13-11-22(12-14-23)18-7-3-1-4-8-18/h1-10,17H,11-16H2/t17-/m1/s1. The molecule has 5 nitrogen and oxygen atoms in total. The van der Waals surface area contributed by atoms with Crippen LogP contribution in [0.2, 0.25) is 0 Å². The predicted octanol–water partition coefficient (Wildman–Crippen LogP) is 2.39. The minimum Gasteiger partial charge on any atom is -0.368 e. The summed E-state index contributed by atoms with van der Waals surface area (Å²) >= 11 is 0. The van der Waals surface area contributed by atoms with Gasteiger partial charge in [-0.3, -0.25) is 9.59 Å². The third-order valence-electron chi connectivity index (χ3n) is 5.25. The van der Waals surface area contributed by atoms with Crippen molar-refractivity contribution in [3.63, 3.8) is 0 Å². The minimum atomic E-state index is -0.231. The molecule has 26 heavy (non-hydrogen) atoms. The van der Waals surface area contributed by atoms with E-state index >= 15 is 0 Å². The zero-order chi connectivity index (χ0) is 17.9. The van der Waals surface area contributed by atoms with Crippen molar-refractivity contribution >= 4 is 23.2 Å². The Hall–Kier alpha value is -2.82. The van der Waals surface area contributed by atoms with Crippen molar-refractivity contribution in [1.29, 1.82) is 0 Å². The summed E-state index contributed by atoms with van der Waals surface area (Å²) in [5.41, 5.74) is 2.08. The monoisotopic (exact) mass is 349 g/mol. The molecule has 0 N–H and O–H groups in total. The van der Waals surface area contributed by atoms with Gasteiger partial charge in [0, 0.05) is 50.5 Å². The van der Waals surface area contributed by atoms with Crippen LogP contribution in [-0.4, -0.2) is 49.4 Å². The first-order chi connectivity index (χ1) is 12.7. The van der Waals surface area contributed by atoms with Crippen LogP contribution in [0.4, 0.5) is 11.4 Å². The second kappa shape index (κ2) is 7.20. The Balaban J connectivity index is 1.36. The third kappa shape index (κ3) is 3.29. The second-order valence-corrected chi connectivity index (χ2v) is 6.89. The SMILES string of the molecule is O=C([C@@H]1CC(=O)N(c2ccccc2)C1)N1CCN(c2ccccc2)CC1. The Bertz CT molecular complexity index is 770. The number of nitrogens with zero attached hydrogens (tertiary/aromatic N) is 3. The molecule has 2 amide bonds. The number of carbonyl (C=O) groups is 2. The zero-order valence-corrected chi connectivity index (χ0v) is 14.8. The molecule has 5 heteroatoms. The van der Waals surface area contributed by atoms with Crippen LogP contribution < -0.4 is 9.80 Å². The maximum atomic E-state index is 12.9. The molecule has 2 fully saturated rings. The van der Waals surface area contributed by atoms with Crippen molar-refractivity contribution in [3.8, 4) is 0 Å². The van der Waals surface area contributed by atoms with Gasteiger partial charge in [-0.1, -0.05) is 36.4 Å². The first kappa shape index (κ1) is 16.6. The van der Waals surface area contributed by atoms with E-state index < -0.39 is 0 Å². The fourth-order valence-corrected chi connectivity index (χ4v) is 3.81. The van der Waals surface area contributed by atoms with Gasteiger partial charge in [0.05, 0.1) is 5.92 Å². The molecule has 1 atom stereocenters.